The Morgan fingerprint density at radius 2 is 1.79 bits per heavy atom. The lowest BCUT2D eigenvalue weighted by Gasteiger charge is -2.30. The summed E-state index contributed by atoms with van der Waals surface area (Å²) >= 11 is 12.3. The van der Waals surface area contributed by atoms with Gasteiger partial charge in [0.2, 0.25) is 11.8 Å². The molecule has 0 aliphatic rings. The van der Waals surface area contributed by atoms with E-state index in [0.29, 0.717) is 16.6 Å². The molecule has 1 N–H and O–H groups in total. The van der Waals surface area contributed by atoms with Crippen LogP contribution in [0.1, 0.15) is 38.3 Å². The number of rotatable bonds is 8. The van der Waals surface area contributed by atoms with Crippen molar-refractivity contribution in [2.75, 3.05) is 0 Å². The molecule has 0 saturated carbocycles. The largest absolute Gasteiger partial charge is 0.352 e. The average Bonchev–Trinajstić information content (AvgIpc) is 2.67. The predicted molar refractivity (Wildman–Crippen MR) is 115 cm³/mol. The molecular weight excluding hydrogens is 395 g/mol. The van der Waals surface area contributed by atoms with E-state index in [1.165, 1.54) is 0 Å². The molecule has 0 saturated heterocycles. The first-order valence-corrected chi connectivity index (χ1v) is 10.1. The summed E-state index contributed by atoms with van der Waals surface area (Å²) in [5.74, 6) is -0.344. The van der Waals surface area contributed by atoms with Gasteiger partial charge in [-0.05, 0) is 49.6 Å². The van der Waals surface area contributed by atoms with Gasteiger partial charge in [0.1, 0.15) is 6.04 Å². The normalized spacial score (nSPS) is 12.9. The van der Waals surface area contributed by atoms with Crippen LogP contribution in [0.3, 0.4) is 0 Å². The molecule has 0 radical (unpaired) electrons. The van der Waals surface area contributed by atoms with Crippen LogP contribution in [0.5, 0.6) is 0 Å². The van der Waals surface area contributed by atoms with E-state index in [-0.39, 0.29) is 24.3 Å². The maximum atomic E-state index is 13.1. The van der Waals surface area contributed by atoms with Gasteiger partial charge in [-0.2, -0.15) is 0 Å². The number of benzene rings is 2. The molecule has 0 spiro atoms. The van der Waals surface area contributed by atoms with Crippen molar-refractivity contribution in [1.82, 2.24) is 10.2 Å². The molecule has 2 aromatic carbocycles. The van der Waals surface area contributed by atoms with Gasteiger partial charge in [0.25, 0.3) is 0 Å². The molecule has 150 valence electrons. The van der Waals surface area contributed by atoms with Gasteiger partial charge in [-0.25, -0.2) is 0 Å². The van der Waals surface area contributed by atoms with E-state index in [0.717, 1.165) is 17.5 Å². The molecule has 6 heteroatoms. The highest BCUT2D eigenvalue weighted by atomic mass is 35.5. The Bertz CT molecular complexity index is 826. The first kappa shape index (κ1) is 22.3. The molecule has 0 bridgehead atoms. The lowest BCUT2D eigenvalue weighted by molar-refractivity contribution is -0.140. The van der Waals surface area contributed by atoms with Crippen LogP contribution >= 0.6 is 23.2 Å². The van der Waals surface area contributed by atoms with Crippen molar-refractivity contribution in [1.29, 1.82) is 0 Å². The van der Waals surface area contributed by atoms with Crippen LogP contribution < -0.4 is 5.32 Å². The van der Waals surface area contributed by atoms with Crippen LogP contribution in [0.25, 0.3) is 0 Å². The van der Waals surface area contributed by atoms with E-state index in [9.17, 15) is 9.59 Å². The quantitative estimate of drug-likeness (QED) is 0.661. The molecule has 0 heterocycles. The van der Waals surface area contributed by atoms with E-state index >= 15 is 0 Å². The van der Waals surface area contributed by atoms with Gasteiger partial charge in [-0.1, -0.05) is 60.5 Å². The molecule has 0 aromatic heterocycles. The molecule has 2 atom stereocenters. The number of carbonyl (C=O) groups excluding carboxylic acids is 2. The van der Waals surface area contributed by atoms with E-state index < -0.39 is 6.04 Å². The number of hydrogen-bond acceptors (Lipinski definition) is 2. The van der Waals surface area contributed by atoms with Gasteiger partial charge in [0, 0.05) is 22.6 Å². The third-order valence-corrected chi connectivity index (χ3v) is 5.31. The summed E-state index contributed by atoms with van der Waals surface area (Å²) in [5, 5.41) is 4.08. The highest BCUT2D eigenvalue weighted by Gasteiger charge is 2.27. The minimum absolute atomic E-state index is 0.0432. The van der Waals surface area contributed by atoms with Crippen LogP contribution in [-0.2, 0) is 22.6 Å². The van der Waals surface area contributed by atoms with Crippen LogP contribution in [0.2, 0.25) is 10.0 Å². The highest BCUT2D eigenvalue weighted by molar-refractivity contribution is 6.31. The van der Waals surface area contributed by atoms with Crippen molar-refractivity contribution in [3.8, 4) is 0 Å². The standard InChI is InChI=1S/C22H26Cl2N2O2/c1-4-15(2)25-22(28)16(3)26(14-17-8-7-10-19(23)12-17)21(27)13-18-9-5-6-11-20(18)24/h5-12,15-16H,4,13-14H2,1-3H3,(H,25,28). The summed E-state index contributed by atoms with van der Waals surface area (Å²) in [5.41, 5.74) is 1.60. The van der Waals surface area contributed by atoms with Crippen LogP contribution in [0, 0.1) is 0 Å². The number of hydrogen-bond donors (Lipinski definition) is 1. The Hall–Kier alpha value is -2.04. The number of carbonyl (C=O) groups is 2. The molecule has 2 aromatic rings. The number of nitrogens with one attached hydrogen (secondary N) is 1. The second kappa shape index (κ2) is 10.5. The number of amides is 2. The molecular formula is C22H26Cl2N2O2. The first-order valence-electron chi connectivity index (χ1n) is 9.39. The molecule has 0 aliphatic heterocycles. The minimum Gasteiger partial charge on any atom is -0.352 e. The van der Waals surface area contributed by atoms with E-state index in [1.54, 1.807) is 30.0 Å². The van der Waals surface area contributed by atoms with Gasteiger partial charge in [-0.3, -0.25) is 9.59 Å². The fraction of sp³-hybridized carbons (Fsp3) is 0.364. The highest BCUT2D eigenvalue weighted by Crippen LogP contribution is 2.19. The van der Waals surface area contributed by atoms with Crippen LogP contribution in [0.15, 0.2) is 48.5 Å². The van der Waals surface area contributed by atoms with Gasteiger partial charge in [0.05, 0.1) is 6.42 Å². The maximum Gasteiger partial charge on any atom is 0.242 e. The third-order valence-electron chi connectivity index (χ3n) is 4.71. The summed E-state index contributed by atoms with van der Waals surface area (Å²) < 4.78 is 0. The molecule has 2 amide bonds. The van der Waals surface area contributed by atoms with Gasteiger partial charge in [-0.15, -0.1) is 0 Å². The van der Waals surface area contributed by atoms with Crippen molar-refractivity contribution < 1.29 is 9.59 Å². The second-order valence-corrected chi connectivity index (χ2v) is 7.76. The molecule has 2 rings (SSSR count). The molecule has 0 aliphatic carbocycles. The topological polar surface area (TPSA) is 49.4 Å². The second-order valence-electron chi connectivity index (χ2n) is 6.91. The fourth-order valence-corrected chi connectivity index (χ4v) is 3.20. The summed E-state index contributed by atoms with van der Waals surface area (Å²) in [7, 11) is 0. The monoisotopic (exact) mass is 420 g/mol. The predicted octanol–water partition coefficient (Wildman–Crippen LogP) is 4.87. The Labute approximate surface area is 176 Å². The van der Waals surface area contributed by atoms with E-state index in [2.05, 4.69) is 5.32 Å². The zero-order valence-electron chi connectivity index (χ0n) is 16.4. The summed E-state index contributed by atoms with van der Waals surface area (Å²) in [4.78, 5) is 27.4. The van der Waals surface area contributed by atoms with E-state index in [4.69, 9.17) is 23.2 Å². The average molecular weight is 421 g/mol. The smallest absolute Gasteiger partial charge is 0.242 e. The van der Waals surface area contributed by atoms with Crippen molar-refractivity contribution in [2.45, 2.75) is 52.2 Å². The minimum atomic E-state index is -0.622. The Morgan fingerprint density at radius 3 is 2.43 bits per heavy atom. The molecule has 28 heavy (non-hydrogen) atoms. The third kappa shape index (κ3) is 6.25. The molecule has 2 unspecified atom stereocenters. The first-order chi connectivity index (χ1) is 13.3. The van der Waals surface area contributed by atoms with Crippen molar-refractivity contribution in [2.24, 2.45) is 0 Å². The number of nitrogens with zero attached hydrogens (tertiary/aromatic N) is 1. The molecule has 4 nitrogen and oxygen atoms in total. The Morgan fingerprint density at radius 1 is 1.07 bits per heavy atom. The molecule has 0 fully saturated rings. The Kier molecular flexibility index (Phi) is 8.34. The summed E-state index contributed by atoms with van der Waals surface area (Å²) in [6.45, 7) is 5.98. The summed E-state index contributed by atoms with van der Waals surface area (Å²) in [6, 6.07) is 14.0. The zero-order valence-corrected chi connectivity index (χ0v) is 17.9. The Balaban J connectivity index is 2.25. The van der Waals surface area contributed by atoms with Crippen LogP contribution in [-0.4, -0.2) is 28.8 Å². The lowest BCUT2D eigenvalue weighted by atomic mass is 10.1. The maximum absolute atomic E-state index is 13.1. The lowest BCUT2D eigenvalue weighted by Crippen LogP contribution is -2.49. The SMILES string of the molecule is CCC(C)NC(=O)C(C)N(Cc1cccc(Cl)c1)C(=O)Cc1ccccc1Cl. The van der Waals surface area contributed by atoms with Crippen molar-refractivity contribution in [3.63, 3.8) is 0 Å². The van der Waals surface area contributed by atoms with Crippen molar-refractivity contribution in [3.05, 3.63) is 69.7 Å². The van der Waals surface area contributed by atoms with Crippen LogP contribution in [0.4, 0.5) is 0 Å². The van der Waals surface area contributed by atoms with Crippen molar-refractivity contribution >= 4 is 35.0 Å². The number of halogens is 2. The summed E-state index contributed by atoms with van der Waals surface area (Å²) in [6.07, 6.45) is 0.946. The van der Waals surface area contributed by atoms with E-state index in [1.807, 2.05) is 44.2 Å². The fourth-order valence-electron chi connectivity index (χ4n) is 2.79. The van der Waals surface area contributed by atoms with Gasteiger partial charge >= 0.3 is 0 Å². The zero-order chi connectivity index (χ0) is 20.7. The van der Waals surface area contributed by atoms with Gasteiger partial charge in [0.15, 0.2) is 0 Å². The van der Waals surface area contributed by atoms with Gasteiger partial charge < -0.3 is 10.2 Å².